The lowest BCUT2D eigenvalue weighted by Gasteiger charge is -2.32. The molecule has 122 valence electrons. The van der Waals surface area contributed by atoms with E-state index in [2.05, 4.69) is 9.80 Å². The topological polar surface area (TPSA) is 58.8 Å². The quantitative estimate of drug-likeness (QED) is 0.747. The minimum Gasteiger partial charge on any atom is -0.465 e. The van der Waals surface area contributed by atoms with Crippen molar-refractivity contribution in [3.8, 4) is 0 Å². The van der Waals surface area contributed by atoms with Crippen LogP contribution in [0.4, 0.5) is 0 Å². The maximum atomic E-state index is 11.8. The first-order valence-electron chi connectivity index (χ1n) is 8.45. The van der Waals surface area contributed by atoms with Crippen LogP contribution in [0.15, 0.2) is 0 Å². The van der Waals surface area contributed by atoms with Crippen molar-refractivity contribution in [3.05, 3.63) is 0 Å². The van der Waals surface area contributed by atoms with Crippen LogP contribution in [-0.4, -0.2) is 66.7 Å². The molecule has 0 aromatic heterocycles. The van der Waals surface area contributed by atoms with Gasteiger partial charge in [0, 0.05) is 19.1 Å². The van der Waals surface area contributed by atoms with Crippen LogP contribution >= 0.6 is 0 Å². The van der Waals surface area contributed by atoms with Crippen molar-refractivity contribution >= 4 is 5.97 Å². The van der Waals surface area contributed by atoms with Gasteiger partial charge in [-0.3, -0.25) is 9.69 Å². The summed E-state index contributed by atoms with van der Waals surface area (Å²) >= 11 is 0. The van der Waals surface area contributed by atoms with Crippen molar-refractivity contribution in [1.29, 1.82) is 0 Å². The first kappa shape index (κ1) is 16.7. The molecule has 5 nitrogen and oxygen atoms in total. The molecule has 0 amide bonds. The summed E-state index contributed by atoms with van der Waals surface area (Å²) in [4.78, 5) is 16.9. The molecule has 0 aromatic carbocycles. The molecule has 2 aliphatic heterocycles. The van der Waals surface area contributed by atoms with Gasteiger partial charge in [-0.05, 0) is 59.2 Å². The van der Waals surface area contributed by atoms with Crippen LogP contribution in [0, 0.1) is 0 Å². The van der Waals surface area contributed by atoms with Crippen molar-refractivity contribution < 1.29 is 9.53 Å². The number of hydrogen-bond donors (Lipinski definition) is 1. The number of carbonyl (C=O) groups is 1. The Bertz CT molecular complexity index is 340. The Morgan fingerprint density at radius 2 is 2.00 bits per heavy atom. The smallest absolute Gasteiger partial charge is 0.325 e. The molecule has 2 unspecified atom stereocenters. The van der Waals surface area contributed by atoms with Crippen molar-refractivity contribution in [2.45, 2.75) is 57.5 Å². The summed E-state index contributed by atoms with van der Waals surface area (Å²) in [5.74, 6) is -0.281. The number of nitrogens with two attached hydrogens (primary N) is 1. The fraction of sp³-hybridized carbons (Fsp3) is 0.938. The third kappa shape index (κ3) is 4.66. The van der Waals surface area contributed by atoms with Crippen LogP contribution in [0.3, 0.4) is 0 Å². The number of hydrogen-bond acceptors (Lipinski definition) is 5. The lowest BCUT2D eigenvalue weighted by molar-refractivity contribution is -0.149. The van der Waals surface area contributed by atoms with E-state index in [1.54, 1.807) is 6.92 Å². The van der Waals surface area contributed by atoms with Gasteiger partial charge in [0.15, 0.2) is 0 Å². The SMILES string of the molecule is CCOC(=O)C(C)(N)CCN1CCC(N2CCCCC2)C1. The molecule has 0 saturated carbocycles. The summed E-state index contributed by atoms with van der Waals surface area (Å²) in [5, 5.41) is 0. The largest absolute Gasteiger partial charge is 0.465 e. The van der Waals surface area contributed by atoms with E-state index in [1.807, 2.05) is 6.92 Å². The van der Waals surface area contributed by atoms with Gasteiger partial charge in [-0.15, -0.1) is 0 Å². The van der Waals surface area contributed by atoms with E-state index in [0.717, 1.165) is 19.6 Å². The Kier molecular flexibility index (Phi) is 6.02. The molecular weight excluding hydrogens is 266 g/mol. The minimum absolute atomic E-state index is 0.281. The van der Waals surface area contributed by atoms with Crippen LogP contribution in [0.5, 0.6) is 0 Å². The summed E-state index contributed by atoms with van der Waals surface area (Å²) in [6.07, 6.45) is 6.00. The number of nitrogens with zero attached hydrogens (tertiary/aromatic N) is 2. The second-order valence-electron chi connectivity index (χ2n) is 6.73. The highest BCUT2D eigenvalue weighted by Gasteiger charge is 2.33. The Morgan fingerprint density at radius 3 is 2.67 bits per heavy atom. The van der Waals surface area contributed by atoms with E-state index in [0.29, 0.717) is 19.1 Å². The van der Waals surface area contributed by atoms with Crippen LogP contribution < -0.4 is 5.73 Å². The zero-order valence-corrected chi connectivity index (χ0v) is 13.6. The molecule has 2 heterocycles. The molecule has 2 rings (SSSR count). The molecule has 0 spiro atoms. The van der Waals surface area contributed by atoms with Crippen molar-refractivity contribution in [3.63, 3.8) is 0 Å². The molecule has 0 radical (unpaired) electrons. The molecule has 0 bridgehead atoms. The highest BCUT2D eigenvalue weighted by molar-refractivity contribution is 5.79. The Balaban J connectivity index is 1.73. The molecular formula is C16H31N3O2. The zero-order chi connectivity index (χ0) is 15.3. The molecule has 2 saturated heterocycles. The van der Waals surface area contributed by atoms with E-state index in [4.69, 9.17) is 10.5 Å². The maximum Gasteiger partial charge on any atom is 0.325 e. The van der Waals surface area contributed by atoms with Gasteiger partial charge in [0.1, 0.15) is 5.54 Å². The van der Waals surface area contributed by atoms with Crippen LogP contribution in [-0.2, 0) is 9.53 Å². The standard InChI is InChI=1S/C16H31N3O2/c1-3-21-15(20)16(2,17)8-12-18-11-7-14(13-18)19-9-5-4-6-10-19/h14H,3-13,17H2,1-2H3. The summed E-state index contributed by atoms with van der Waals surface area (Å²) in [5.41, 5.74) is 5.23. The molecule has 0 aliphatic carbocycles. The zero-order valence-electron chi connectivity index (χ0n) is 13.6. The summed E-state index contributed by atoms with van der Waals surface area (Å²) in [6, 6.07) is 0.705. The average molecular weight is 297 g/mol. The predicted octanol–water partition coefficient (Wildman–Crippen LogP) is 1.22. The predicted molar refractivity (Wildman–Crippen MR) is 84.1 cm³/mol. The van der Waals surface area contributed by atoms with E-state index in [1.165, 1.54) is 38.8 Å². The van der Waals surface area contributed by atoms with Gasteiger partial charge >= 0.3 is 5.97 Å². The molecule has 2 aliphatic rings. The van der Waals surface area contributed by atoms with Gasteiger partial charge in [-0.25, -0.2) is 0 Å². The molecule has 21 heavy (non-hydrogen) atoms. The van der Waals surface area contributed by atoms with Gasteiger partial charge < -0.3 is 15.4 Å². The third-order valence-corrected chi connectivity index (χ3v) is 4.84. The monoisotopic (exact) mass is 297 g/mol. The molecule has 2 fully saturated rings. The normalized spacial score (nSPS) is 27.5. The van der Waals surface area contributed by atoms with Gasteiger partial charge in [0.05, 0.1) is 6.61 Å². The Hall–Kier alpha value is -0.650. The van der Waals surface area contributed by atoms with Gasteiger partial charge in [0.25, 0.3) is 0 Å². The number of piperidine rings is 1. The average Bonchev–Trinajstić information content (AvgIpc) is 2.95. The van der Waals surface area contributed by atoms with E-state index >= 15 is 0 Å². The number of ether oxygens (including phenoxy) is 1. The van der Waals surface area contributed by atoms with Crippen LogP contribution in [0.1, 0.15) is 46.0 Å². The van der Waals surface area contributed by atoms with Gasteiger partial charge in [0.2, 0.25) is 0 Å². The fourth-order valence-corrected chi connectivity index (χ4v) is 3.39. The summed E-state index contributed by atoms with van der Waals surface area (Å²) in [7, 11) is 0. The summed E-state index contributed by atoms with van der Waals surface area (Å²) in [6.45, 7) is 9.65. The third-order valence-electron chi connectivity index (χ3n) is 4.84. The Morgan fingerprint density at radius 1 is 1.29 bits per heavy atom. The van der Waals surface area contributed by atoms with E-state index in [-0.39, 0.29) is 5.97 Å². The number of likely N-dealkylation sites (tertiary alicyclic amines) is 2. The molecule has 2 N–H and O–H groups in total. The van der Waals surface area contributed by atoms with Crippen LogP contribution in [0.2, 0.25) is 0 Å². The number of esters is 1. The lowest BCUT2D eigenvalue weighted by Crippen LogP contribution is -2.48. The highest BCUT2D eigenvalue weighted by atomic mass is 16.5. The molecule has 5 heteroatoms. The van der Waals surface area contributed by atoms with Crippen molar-refractivity contribution in [1.82, 2.24) is 9.80 Å². The van der Waals surface area contributed by atoms with Crippen molar-refractivity contribution in [2.75, 3.05) is 39.3 Å². The lowest BCUT2D eigenvalue weighted by atomic mass is 9.99. The number of carbonyl (C=O) groups excluding carboxylic acids is 1. The molecule has 0 aromatic rings. The van der Waals surface area contributed by atoms with Gasteiger partial charge in [-0.1, -0.05) is 6.42 Å². The minimum atomic E-state index is -0.862. The first-order valence-corrected chi connectivity index (χ1v) is 8.45. The van der Waals surface area contributed by atoms with Gasteiger partial charge in [-0.2, -0.15) is 0 Å². The first-order chi connectivity index (χ1) is 10.0. The van der Waals surface area contributed by atoms with E-state index in [9.17, 15) is 4.79 Å². The second kappa shape index (κ2) is 7.56. The van der Waals surface area contributed by atoms with Crippen LogP contribution in [0.25, 0.3) is 0 Å². The van der Waals surface area contributed by atoms with Crippen molar-refractivity contribution in [2.24, 2.45) is 5.73 Å². The summed E-state index contributed by atoms with van der Waals surface area (Å²) < 4.78 is 5.05. The highest BCUT2D eigenvalue weighted by Crippen LogP contribution is 2.21. The molecule has 2 atom stereocenters. The number of rotatable bonds is 6. The second-order valence-corrected chi connectivity index (χ2v) is 6.73. The van der Waals surface area contributed by atoms with E-state index < -0.39 is 5.54 Å². The fourth-order valence-electron chi connectivity index (χ4n) is 3.39. The Labute approximate surface area is 128 Å². The maximum absolute atomic E-state index is 11.8.